The molecule has 2 rings (SSSR count). The predicted molar refractivity (Wildman–Crippen MR) is 57.3 cm³/mol. The van der Waals surface area contributed by atoms with Gasteiger partial charge in [-0.2, -0.15) is 0 Å². The minimum atomic E-state index is 0.891. The molecule has 1 N–H and O–H groups in total. The Morgan fingerprint density at radius 1 is 1.46 bits per heavy atom. The standard InChI is InChI=1S/C10H10BrNO/c1-6-5-8(11)10(13-2)7-3-4-12-9(6)7/h3-5,12H,1-2H3. The Balaban J connectivity index is 2.88. The summed E-state index contributed by atoms with van der Waals surface area (Å²) in [6, 6.07) is 4.07. The number of aromatic amines is 1. The second kappa shape index (κ2) is 3.07. The number of ether oxygens (including phenoxy) is 1. The molecule has 13 heavy (non-hydrogen) atoms. The number of H-pyrrole nitrogens is 1. The molecule has 0 atom stereocenters. The summed E-state index contributed by atoms with van der Waals surface area (Å²) in [6.45, 7) is 2.07. The predicted octanol–water partition coefficient (Wildman–Crippen LogP) is 3.25. The lowest BCUT2D eigenvalue weighted by molar-refractivity contribution is 0.417. The lowest BCUT2D eigenvalue weighted by Gasteiger charge is -2.06. The van der Waals surface area contributed by atoms with Crippen molar-refractivity contribution in [3.63, 3.8) is 0 Å². The van der Waals surface area contributed by atoms with Crippen molar-refractivity contribution in [1.29, 1.82) is 0 Å². The number of hydrogen-bond donors (Lipinski definition) is 1. The molecule has 1 aromatic heterocycles. The summed E-state index contributed by atoms with van der Waals surface area (Å²) in [6.07, 6.45) is 1.92. The van der Waals surface area contributed by atoms with Crippen LogP contribution >= 0.6 is 15.9 Å². The number of nitrogens with one attached hydrogen (secondary N) is 1. The van der Waals surface area contributed by atoms with E-state index < -0.39 is 0 Å². The molecule has 0 bridgehead atoms. The number of methoxy groups -OCH3 is 1. The van der Waals surface area contributed by atoms with E-state index in [1.807, 2.05) is 12.3 Å². The van der Waals surface area contributed by atoms with Crippen LogP contribution in [0, 0.1) is 6.92 Å². The van der Waals surface area contributed by atoms with Crippen LogP contribution in [0.15, 0.2) is 22.8 Å². The molecule has 3 heteroatoms. The highest BCUT2D eigenvalue weighted by molar-refractivity contribution is 9.10. The molecule has 0 unspecified atom stereocenters. The van der Waals surface area contributed by atoms with Crippen LogP contribution in [0.5, 0.6) is 5.75 Å². The molecule has 0 aliphatic heterocycles. The number of rotatable bonds is 1. The number of benzene rings is 1. The summed E-state index contributed by atoms with van der Waals surface area (Å²) in [5, 5.41) is 1.12. The molecular weight excluding hydrogens is 230 g/mol. The Morgan fingerprint density at radius 2 is 2.23 bits per heavy atom. The molecule has 0 aliphatic rings. The maximum absolute atomic E-state index is 5.30. The Hall–Kier alpha value is -0.960. The van der Waals surface area contributed by atoms with Gasteiger partial charge in [-0.25, -0.2) is 0 Å². The molecule has 0 saturated heterocycles. The van der Waals surface area contributed by atoms with Crippen LogP contribution in [0.1, 0.15) is 5.56 Å². The van der Waals surface area contributed by atoms with E-state index in [-0.39, 0.29) is 0 Å². The molecular formula is C10H10BrNO. The van der Waals surface area contributed by atoms with Crippen molar-refractivity contribution in [2.24, 2.45) is 0 Å². The van der Waals surface area contributed by atoms with Gasteiger partial charge in [-0.15, -0.1) is 0 Å². The lowest BCUT2D eigenvalue weighted by Crippen LogP contribution is -1.87. The van der Waals surface area contributed by atoms with Gasteiger partial charge in [-0.3, -0.25) is 0 Å². The summed E-state index contributed by atoms with van der Waals surface area (Å²) in [5.74, 6) is 0.891. The normalized spacial score (nSPS) is 10.7. The molecule has 68 valence electrons. The molecule has 1 heterocycles. The second-order valence-electron chi connectivity index (χ2n) is 2.97. The van der Waals surface area contributed by atoms with E-state index in [1.165, 1.54) is 5.56 Å². The second-order valence-corrected chi connectivity index (χ2v) is 3.83. The topological polar surface area (TPSA) is 25.0 Å². The van der Waals surface area contributed by atoms with Crippen LogP contribution < -0.4 is 4.74 Å². The Morgan fingerprint density at radius 3 is 2.92 bits per heavy atom. The fourth-order valence-corrected chi connectivity index (χ4v) is 2.27. The quantitative estimate of drug-likeness (QED) is 0.813. The first-order chi connectivity index (χ1) is 6.24. The molecule has 0 fully saturated rings. The van der Waals surface area contributed by atoms with Gasteiger partial charge in [0.05, 0.1) is 17.1 Å². The number of fused-ring (bicyclic) bond motifs is 1. The van der Waals surface area contributed by atoms with Crippen LogP contribution in [0.2, 0.25) is 0 Å². The van der Waals surface area contributed by atoms with E-state index >= 15 is 0 Å². The van der Waals surface area contributed by atoms with Gasteiger partial charge in [-0.05, 0) is 40.5 Å². The highest BCUT2D eigenvalue weighted by atomic mass is 79.9. The fourth-order valence-electron chi connectivity index (χ4n) is 1.55. The van der Waals surface area contributed by atoms with Crippen molar-refractivity contribution in [1.82, 2.24) is 4.98 Å². The smallest absolute Gasteiger partial charge is 0.142 e. The third kappa shape index (κ3) is 1.23. The summed E-state index contributed by atoms with van der Waals surface area (Å²) >= 11 is 3.47. The Kier molecular flexibility index (Phi) is 2.04. The van der Waals surface area contributed by atoms with Crippen molar-refractivity contribution in [3.05, 3.63) is 28.4 Å². The van der Waals surface area contributed by atoms with Gasteiger partial charge >= 0.3 is 0 Å². The third-order valence-corrected chi connectivity index (χ3v) is 2.74. The van der Waals surface area contributed by atoms with E-state index in [0.717, 1.165) is 21.1 Å². The van der Waals surface area contributed by atoms with Gasteiger partial charge in [-0.1, -0.05) is 0 Å². The summed E-state index contributed by atoms with van der Waals surface area (Å²) in [7, 11) is 1.68. The Bertz CT molecular complexity index is 447. The first-order valence-corrected chi connectivity index (χ1v) is 4.83. The van der Waals surface area contributed by atoms with Crippen molar-refractivity contribution >= 4 is 26.8 Å². The van der Waals surface area contributed by atoms with Crippen LogP contribution in [0.4, 0.5) is 0 Å². The van der Waals surface area contributed by atoms with Gasteiger partial charge in [0.15, 0.2) is 0 Å². The lowest BCUT2D eigenvalue weighted by atomic mass is 10.1. The van der Waals surface area contributed by atoms with Crippen molar-refractivity contribution < 1.29 is 4.74 Å². The monoisotopic (exact) mass is 239 g/mol. The zero-order valence-corrected chi connectivity index (χ0v) is 9.10. The van der Waals surface area contributed by atoms with E-state index in [2.05, 4.69) is 33.9 Å². The Labute approximate surface area is 85.0 Å². The summed E-state index contributed by atoms with van der Waals surface area (Å²) < 4.78 is 6.30. The van der Waals surface area contributed by atoms with Crippen LogP contribution in [0.3, 0.4) is 0 Å². The molecule has 2 nitrogen and oxygen atoms in total. The van der Waals surface area contributed by atoms with Crippen molar-refractivity contribution in [2.75, 3.05) is 7.11 Å². The average Bonchev–Trinajstić information content (AvgIpc) is 2.53. The van der Waals surface area contributed by atoms with Crippen molar-refractivity contribution in [2.45, 2.75) is 6.92 Å². The van der Waals surface area contributed by atoms with Gasteiger partial charge in [0.1, 0.15) is 5.75 Å². The molecule has 2 aromatic rings. The highest BCUT2D eigenvalue weighted by Crippen LogP contribution is 2.34. The first-order valence-electron chi connectivity index (χ1n) is 4.04. The van der Waals surface area contributed by atoms with E-state index in [4.69, 9.17) is 4.74 Å². The number of halogens is 1. The molecule has 1 aromatic carbocycles. The van der Waals surface area contributed by atoms with E-state index in [1.54, 1.807) is 7.11 Å². The molecule has 0 aliphatic carbocycles. The van der Waals surface area contributed by atoms with Gasteiger partial charge in [0, 0.05) is 11.6 Å². The zero-order chi connectivity index (χ0) is 9.42. The summed E-state index contributed by atoms with van der Waals surface area (Å²) in [4.78, 5) is 3.19. The number of aryl methyl sites for hydroxylation is 1. The fraction of sp³-hybridized carbons (Fsp3) is 0.200. The molecule has 0 radical (unpaired) electrons. The largest absolute Gasteiger partial charge is 0.495 e. The highest BCUT2D eigenvalue weighted by Gasteiger charge is 2.08. The first kappa shape index (κ1) is 8.63. The van der Waals surface area contributed by atoms with E-state index in [9.17, 15) is 0 Å². The van der Waals surface area contributed by atoms with E-state index in [0.29, 0.717) is 0 Å². The van der Waals surface area contributed by atoms with Crippen LogP contribution in [-0.4, -0.2) is 12.1 Å². The minimum Gasteiger partial charge on any atom is -0.495 e. The molecule has 0 amide bonds. The van der Waals surface area contributed by atoms with Gasteiger partial charge in [0.2, 0.25) is 0 Å². The maximum Gasteiger partial charge on any atom is 0.142 e. The maximum atomic E-state index is 5.30. The molecule has 0 saturated carbocycles. The molecule has 0 spiro atoms. The van der Waals surface area contributed by atoms with Gasteiger partial charge < -0.3 is 9.72 Å². The summed E-state index contributed by atoms with van der Waals surface area (Å²) in [5.41, 5.74) is 2.35. The SMILES string of the molecule is COc1c(Br)cc(C)c2[nH]ccc12. The van der Waals surface area contributed by atoms with Crippen LogP contribution in [0.25, 0.3) is 10.9 Å². The van der Waals surface area contributed by atoms with Crippen molar-refractivity contribution in [3.8, 4) is 5.75 Å². The zero-order valence-electron chi connectivity index (χ0n) is 7.52. The van der Waals surface area contributed by atoms with Crippen LogP contribution in [-0.2, 0) is 0 Å². The minimum absolute atomic E-state index is 0.891. The third-order valence-electron chi connectivity index (χ3n) is 2.15. The van der Waals surface area contributed by atoms with Gasteiger partial charge in [0.25, 0.3) is 0 Å². The number of aromatic nitrogens is 1. The number of hydrogen-bond acceptors (Lipinski definition) is 1. The average molecular weight is 240 g/mol.